The van der Waals surface area contributed by atoms with E-state index in [0.29, 0.717) is 12.3 Å². The maximum atomic E-state index is 12.3. The van der Waals surface area contributed by atoms with Crippen LogP contribution in [0.4, 0.5) is 0 Å². The molecule has 0 unspecified atom stereocenters. The lowest BCUT2D eigenvalue weighted by Crippen LogP contribution is -2.29. The van der Waals surface area contributed by atoms with Gasteiger partial charge < -0.3 is 20.0 Å². The van der Waals surface area contributed by atoms with Crippen LogP contribution in [0.15, 0.2) is 18.5 Å². The Hall–Kier alpha value is -2.92. The molecule has 3 aromatic rings. The molecule has 4 rings (SSSR count). The number of carbonyl (C=O) groups is 1. The fraction of sp³-hybridized carbons (Fsp3) is 0.500. The SMILES string of the molecule is N#CC[C@H]1CC[C@H](n2c(CC(=O)NCCO)nc3cnc4[nH]ccc4c32)CC1. The topological polar surface area (TPSA) is 120 Å². The number of aliphatic hydroxyl groups excluding tert-OH is 1. The summed E-state index contributed by atoms with van der Waals surface area (Å²) in [5, 5.41) is 21.6. The first-order valence-corrected chi connectivity index (χ1v) is 9.78. The number of aliphatic hydroxyl groups is 1. The third-order valence-corrected chi connectivity index (χ3v) is 5.62. The summed E-state index contributed by atoms with van der Waals surface area (Å²) >= 11 is 0. The van der Waals surface area contributed by atoms with Crippen LogP contribution in [-0.4, -0.2) is 43.7 Å². The van der Waals surface area contributed by atoms with Gasteiger partial charge in [-0.3, -0.25) is 4.79 Å². The number of amides is 1. The molecule has 1 amide bonds. The zero-order valence-electron chi connectivity index (χ0n) is 15.7. The van der Waals surface area contributed by atoms with E-state index in [0.717, 1.165) is 53.6 Å². The molecule has 0 radical (unpaired) electrons. The zero-order chi connectivity index (χ0) is 19.5. The molecule has 0 aromatic carbocycles. The van der Waals surface area contributed by atoms with Crippen molar-refractivity contribution in [1.29, 1.82) is 5.26 Å². The average Bonchev–Trinajstić information content (AvgIpc) is 3.31. The minimum absolute atomic E-state index is 0.0844. The number of imidazole rings is 1. The Balaban J connectivity index is 1.73. The number of aromatic nitrogens is 4. The Morgan fingerprint density at radius 2 is 2.21 bits per heavy atom. The van der Waals surface area contributed by atoms with E-state index in [4.69, 9.17) is 15.4 Å². The predicted octanol–water partition coefficient (Wildman–Crippen LogP) is 2.21. The van der Waals surface area contributed by atoms with Crippen LogP contribution in [0.1, 0.15) is 44.0 Å². The van der Waals surface area contributed by atoms with Gasteiger partial charge >= 0.3 is 0 Å². The largest absolute Gasteiger partial charge is 0.395 e. The average molecular weight is 380 g/mol. The smallest absolute Gasteiger partial charge is 0.227 e. The summed E-state index contributed by atoms with van der Waals surface area (Å²) in [6, 6.07) is 4.54. The number of hydrogen-bond acceptors (Lipinski definition) is 5. The second kappa shape index (κ2) is 7.98. The van der Waals surface area contributed by atoms with Gasteiger partial charge in [-0.15, -0.1) is 0 Å². The van der Waals surface area contributed by atoms with Gasteiger partial charge in [0.15, 0.2) is 0 Å². The van der Waals surface area contributed by atoms with Crippen LogP contribution in [-0.2, 0) is 11.2 Å². The third-order valence-electron chi connectivity index (χ3n) is 5.62. The highest BCUT2D eigenvalue weighted by Gasteiger charge is 2.27. The van der Waals surface area contributed by atoms with E-state index in [1.54, 1.807) is 6.20 Å². The monoisotopic (exact) mass is 380 g/mol. The number of hydrogen-bond donors (Lipinski definition) is 3. The molecule has 1 fully saturated rings. The summed E-state index contributed by atoms with van der Waals surface area (Å²) in [7, 11) is 0. The number of carbonyl (C=O) groups excluding carboxylic acids is 1. The molecule has 1 saturated carbocycles. The molecule has 8 heteroatoms. The molecule has 0 bridgehead atoms. The van der Waals surface area contributed by atoms with Gasteiger partial charge in [-0.1, -0.05) is 0 Å². The summed E-state index contributed by atoms with van der Waals surface area (Å²) in [5.41, 5.74) is 2.61. The van der Waals surface area contributed by atoms with Gasteiger partial charge in [-0.2, -0.15) is 5.26 Å². The van der Waals surface area contributed by atoms with Gasteiger partial charge in [-0.05, 0) is 37.7 Å². The van der Waals surface area contributed by atoms with E-state index in [-0.39, 0.29) is 31.5 Å². The van der Waals surface area contributed by atoms with Crippen LogP contribution in [0.25, 0.3) is 22.1 Å². The number of nitrogens with zero attached hydrogens (tertiary/aromatic N) is 4. The van der Waals surface area contributed by atoms with Crippen LogP contribution >= 0.6 is 0 Å². The highest BCUT2D eigenvalue weighted by Crippen LogP contribution is 2.37. The van der Waals surface area contributed by atoms with Gasteiger partial charge in [-0.25, -0.2) is 9.97 Å². The number of fused-ring (bicyclic) bond motifs is 3. The van der Waals surface area contributed by atoms with Gasteiger partial charge in [0.1, 0.15) is 17.0 Å². The van der Waals surface area contributed by atoms with Crippen LogP contribution in [0.2, 0.25) is 0 Å². The van der Waals surface area contributed by atoms with Crippen molar-refractivity contribution >= 4 is 28.0 Å². The van der Waals surface area contributed by atoms with Crippen molar-refractivity contribution in [1.82, 2.24) is 24.8 Å². The number of pyridine rings is 1. The van der Waals surface area contributed by atoms with Crippen molar-refractivity contribution < 1.29 is 9.90 Å². The van der Waals surface area contributed by atoms with Crippen molar-refractivity contribution in [3.05, 3.63) is 24.3 Å². The Morgan fingerprint density at radius 1 is 1.39 bits per heavy atom. The van der Waals surface area contributed by atoms with E-state index >= 15 is 0 Å². The lowest BCUT2D eigenvalue weighted by molar-refractivity contribution is -0.120. The number of nitrogens with one attached hydrogen (secondary N) is 2. The van der Waals surface area contributed by atoms with Crippen LogP contribution in [0.3, 0.4) is 0 Å². The summed E-state index contributed by atoms with van der Waals surface area (Å²) in [6.45, 7) is 0.154. The summed E-state index contributed by atoms with van der Waals surface area (Å²) in [6.07, 6.45) is 8.35. The molecule has 8 nitrogen and oxygen atoms in total. The van der Waals surface area contributed by atoms with Gasteiger partial charge in [0.2, 0.25) is 5.91 Å². The Morgan fingerprint density at radius 3 is 2.96 bits per heavy atom. The molecule has 0 aliphatic heterocycles. The second-order valence-electron chi connectivity index (χ2n) is 7.42. The third kappa shape index (κ3) is 3.45. The molecule has 3 aromatic heterocycles. The van der Waals surface area contributed by atoms with E-state index in [9.17, 15) is 4.79 Å². The van der Waals surface area contributed by atoms with Gasteiger partial charge in [0.05, 0.1) is 30.8 Å². The van der Waals surface area contributed by atoms with Crippen molar-refractivity contribution in [2.45, 2.75) is 44.6 Å². The van der Waals surface area contributed by atoms with Crippen LogP contribution < -0.4 is 5.32 Å². The molecule has 28 heavy (non-hydrogen) atoms. The molecular weight excluding hydrogens is 356 g/mol. The normalized spacial score (nSPS) is 19.7. The lowest BCUT2D eigenvalue weighted by Gasteiger charge is -2.30. The maximum absolute atomic E-state index is 12.3. The molecule has 146 valence electrons. The highest BCUT2D eigenvalue weighted by atomic mass is 16.3. The lowest BCUT2D eigenvalue weighted by atomic mass is 9.84. The van der Waals surface area contributed by atoms with Crippen molar-refractivity contribution in [2.24, 2.45) is 5.92 Å². The molecule has 1 aliphatic rings. The summed E-state index contributed by atoms with van der Waals surface area (Å²) < 4.78 is 2.22. The van der Waals surface area contributed by atoms with Gasteiger partial charge in [0.25, 0.3) is 0 Å². The van der Waals surface area contributed by atoms with Crippen molar-refractivity contribution in [3.63, 3.8) is 0 Å². The molecule has 0 atom stereocenters. The van der Waals surface area contributed by atoms with Crippen molar-refractivity contribution in [2.75, 3.05) is 13.2 Å². The maximum Gasteiger partial charge on any atom is 0.227 e. The minimum Gasteiger partial charge on any atom is -0.395 e. The van der Waals surface area contributed by atoms with Crippen LogP contribution in [0, 0.1) is 17.2 Å². The summed E-state index contributed by atoms with van der Waals surface area (Å²) in [4.78, 5) is 24.6. The highest BCUT2D eigenvalue weighted by molar-refractivity contribution is 6.01. The minimum atomic E-state index is -0.151. The first-order chi connectivity index (χ1) is 13.7. The standard InChI is InChI=1S/C20H24N6O2/c21-7-5-13-1-3-14(4-2-13)26-17(11-18(28)22-9-10-27)25-16-12-24-20-15(19(16)26)6-8-23-20/h6,8,12-14,27H,1-5,9-11H2,(H,22,28)(H,23,24)/t13-,14-. The molecule has 0 spiro atoms. The van der Waals surface area contributed by atoms with E-state index < -0.39 is 0 Å². The van der Waals surface area contributed by atoms with E-state index in [1.165, 1.54) is 0 Å². The molecular formula is C20H24N6O2. The summed E-state index contributed by atoms with van der Waals surface area (Å²) in [5.74, 6) is 1.04. The Labute approximate surface area is 162 Å². The zero-order valence-corrected chi connectivity index (χ0v) is 15.7. The van der Waals surface area contributed by atoms with E-state index in [1.807, 2.05) is 12.3 Å². The fourth-order valence-electron chi connectivity index (χ4n) is 4.30. The first-order valence-electron chi connectivity index (χ1n) is 9.78. The molecule has 3 N–H and O–H groups in total. The fourth-order valence-corrected chi connectivity index (χ4v) is 4.30. The number of H-pyrrole nitrogens is 1. The van der Waals surface area contributed by atoms with Crippen molar-refractivity contribution in [3.8, 4) is 6.07 Å². The first kappa shape index (κ1) is 18.4. The van der Waals surface area contributed by atoms with Gasteiger partial charge in [0, 0.05) is 30.6 Å². The molecule has 3 heterocycles. The number of rotatable bonds is 6. The Bertz CT molecular complexity index is 1020. The second-order valence-corrected chi connectivity index (χ2v) is 7.42. The molecule has 1 aliphatic carbocycles. The van der Waals surface area contributed by atoms with E-state index in [2.05, 4.69) is 25.9 Å². The number of aromatic amines is 1. The quantitative estimate of drug-likeness (QED) is 0.606. The number of nitriles is 1. The predicted molar refractivity (Wildman–Crippen MR) is 104 cm³/mol. The van der Waals surface area contributed by atoms with Crippen LogP contribution in [0.5, 0.6) is 0 Å². The molecule has 0 saturated heterocycles. The Kier molecular flexibility index (Phi) is 5.26.